The molecule has 2 aromatic rings. The molecule has 26 heavy (non-hydrogen) atoms. The van der Waals surface area contributed by atoms with Crippen LogP contribution in [0.4, 0.5) is 0 Å². The number of hydrogen-bond donors (Lipinski definition) is 0. The molecule has 8 heteroatoms. The number of aryl methyl sites for hydroxylation is 1. The summed E-state index contributed by atoms with van der Waals surface area (Å²) in [4.78, 5) is 15.0. The van der Waals surface area contributed by atoms with Gasteiger partial charge in [-0.1, -0.05) is 5.21 Å². The lowest BCUT2D eigenvalue weighted by atomic mass is 9.98. The summed E-state index contributed by atoms with van der Waals surface area (Å²) in [7, 11) is 0. The van der Waals surface area contributed by atoms with Gasteiger partial charge in [-0.2, -0.15) is 0 Å². The van der Waals surface area contributed by atoms with E-state index < -0.39 is 0 Å². The van der Waals surface area contributed by atoms with Crippen LogP contribution < -0.4 is 9.47 Å². The van der Waals surface area contributed by atoms with E-state index in [0.29, 0.717) is 50.0 Å². The van der Waals surface area contributed by atoms with Crippen molar-refractivity contribution in [2.24, 2.45) is 0 Å². The Morgan fingerprint density at radius 3 is 2.88 bits per heavy atom. The molecule has 1 amide bonds. The molecule has 3 aliphatic heterocycles. The number of fused-ring (bicyclic) bond motifs is 4. The third-order valence-corrected chi connectivity index (χ3v) is 5.34. The van der Waals surface area contributed by atoms with Crippen LogP contribution in [0.15, 0.2) is 18.3 Å². The Morgan fingerprint density at radius 1 is 1.23 bits per heavy atom. The van der Waals surface area contributed by atoms with E-state index in [4.69, 9.17) is 14.2 Å². The average molecular weight is 356 g/mol. The summed E-state index contributed by atoms with van der Waals surface area (Å²) in [5.41, 5.74) is 2.50. The second kappa shape index (κ2) is 5.98. The van der Waals surface area contributed by atoms with Crippen LogP contribution in [0.25, 0.3) is 0 Å². The molecule has 0 unspecified atom stereocenters. The minimum absolute atomic E-state index is 0.00478. The van der Waals surface area contributed by atoms with Crippen molar-refractivity contribution in [1.82, 2.24) is 19.9 Å². The molecular formula is C18H20N4O4. The fourth-order valence-electron chi connectivity index (χ4n) is 3.95. The van der Waals surface area contributed by atoms with Crippen molar-refractivity contribution in [2.45, 2.75) is 32.1 Å². The maximum atomic E-state index is 13.2. The minimum atomic E-state index is 0.00478. The SMILES string of the molecule is Cc1cc2c(cc1C(=O)N1CC[C@@H]3OCc4cnnn4[C@@H]3C1)OCCO2. The fourth-order valence-corrected chi connectivity index (χ4v) is 3.95. The van der Waals surface area contributed by atoms with Crippen LogP contribution in [0.3, 0.4) is 0 Å². The zero-order valence-electron chi connectivity index (χ0n) is 14.6. The number of amides is 1. The second-order valence-electron chi connectivity index (χ2n) is 6.94. The Morgan fingerprint density at radius 2 is 2.04 bits per heavy atom. The van der Waals surface area contributed by atoms with Gasteiger partial charge in [0.2, 0.25) is 0 Å². The third kappa shape index (κ3) is 2.44. The van der Waals surface area contributed by atoms with E-state index in [2.05, 4.69) is 10.3 Å². The van der Waals surface area contributed by atoms with Crippen LogP contribution in [0.1, 0.15) is 34.1 Å². The number of carbonyl (C=O) groups is 1. The summed E-state index contributed by atoms with van der Waals surface area (Å²) in [6, 6.07) is 3.70. The fraction of sp³-hybridized carbons (Fsp3) is 0.500. The number of carbonyl (C=O) groups excluding carboxylic acids is 1. The Bertz CT molecular complexity index is 865. The predicted molar refractivity (Wildman–Crippen MR) is 90.3 cm³/mol. The highest BCUT2D eigenvalue weighted by atomic mass is 16.6. The number of benzene rings is 1. The van der Waals surface area contributed by atoms with Gasteiger partial charge in [-0.05, 0) is 31.0 Å². The van der Waals surface area contributed by atoms with Crippen LogP contribution in [0, 0.1) is 6.92 Å². The number of piperidine rings is 1. The first-order valence-corrected chi connectivity index (χ1v) is 8.91. The molecule has 0 N–H and O–H groups in total. The monoisotopic (exact) mass is 356 g/mol. The standard InChI is InChI=1S/C18H20N4O4/c1-11-6-16-17(25-5-4-24-16)7-13(11)18(23)21-3-2-15-14(9-21)22-12(10-26-15)8-19-20-22/h6-8,14-15H,2-5,9-10H2,1H3/t14-,15+/m1/s1. The molecule has 0 saturated carbocycles. The van der Waals surface area contributed by atoms with Crippen molar-refractivity contribution in [2.75, 3.05) is 26.3 Å². The Balaban J connectivity index is 1.42. The zero-order chi connectivity index (χ0) is 17.7. The first kappa shape index (κ1) is 15.6. The van der Waals surface area contributed by atoms with Gasteiger partial charge in [0.15, 0.2) is 11.5 Å². The molecule has 1 aromatic heterocycles. The zero-order valence-corrected chi connectivity index (χ0v) is 14.6. The summed E-state index contributed by atoms with van der Waals surface area (Å²) in [5.74, 6) is 1.35. The number of ether oxygens (including phenoxy) is 3. The number of rotatable bonds is 1. The van der Waals surface area contributed by atoms with Crippen molar-refractivity contribution >= 4 is 5.91 Å². The highest BCUT2D eigenvalue weighted by Crippen LogP contribution is 2.35. The van der Waals surface area contributed by atoms with Crippen LogP contribution in [0.2, 0.25) is 0 Å². The number of likely N-dealkylation sites (tertiary alicyclic amines) is 1. The van der Waals surface area contributed by atoms with Gasteiger partial charge < -0.3 is 19.1 Å². The minimum Gasteiger partial charge on any atom is -0.486 e. The highest BCUT2D eigenvalue weighted by molar-refractivity contribution is 5.96. The van der Waals surface area contributed by atoms with Gasteiger partial charge in [-0.15, -0.1) is 5.10 Å². The van der Waals surface area contributed by atoms with Crippen molar-refractivity contribution in [3.8, 4) is 11.5 Å². The second-order valence-corrected chi connectivity index (χ2v) is 6.94. The molecule has 5 rings (SSSR count). The van der Waals surface area contributed by atoms with E-state index in [0.717, 1.165) is 17.7 Å². The Kier molecular flexibility index (Phi) is 3.59. The molecule has 0 aliphatic carbocycles. The maximum Gasteiger partial charge on any atom is 0.254 e. The van der Waals surface area contributed by atoms with Crippen LogP contribution in [0.5, 0.6) is 11.5 Å². The van der Waals surface area contributed by atoms with Gasteiger partial charge in [0.25, 0.3) is 5.91 Å². The molecule has 1 saturated heterocycles. The third-order valence-electron chi connectivity index (χ3n) is 5.34. The quantitative estimate of drug-likeness (QED) is 0.767. The first-order valence-electron chi connectivity index (χ1n) is 8.91. The van der Waals surface area contributed by atoms with E-state index >= 15 is 0 Å². The molecule has 4 heterocycles. The van der Waals surface area contributed by atoms with Gasteiger partial charge in [-0.3, -0.25) is 4.79 Å². The first-order chi connectivity index (χ1) is 12.7. The normalized spacial score (nSPS) is 24.0. The van der Waals surface area contributed by atoms with Gasteiger partial charge in [0, 0.05) is 18.7 Å². The van der Waals surface area contributed by atoms with E-state index in [1.807, 2.05) is 22.6 Å². The lowest BCUT2D eigenvalue weighted by Gasteiger charge is -2.41. The Hall–Kier alpha value is -2.61. The summed E-state index contributed by atoms with van der Waals surface area (Å²) >= 11 is 0. The summed E-state index contributed by atoms with van der Waals surface area (Å²) in [6.45, 7) is 4.73. The van der Waals surface area contributed by atoms with E-state index in [-0.39, 0.29) is 18.1 Å². The summed E-state index contributed by atoms with van der Waals surface area (Å²) < 4.78 is 19.1. The van der Waals surface area contributed by atoms with Crippen LogP contribution in [-0.2, 0) is 11.3 Å². The number of nitrogens with zero attached hydrogens (tertiary/aromatic N) is 4. The molecule has 0 bridgehead atoms. The molecule has 1 fully saturated rings. The van der Waals surface area contributed by atoms with Gasteiger partial charge in [0.1, 0.15) is 13.2 Å². The van der Waals surface area contributed by atoms with Gasteiger partial charge in [0.05, 0.1) is 30.6 Å². The molecule has 8 nitrogen and oxygen atoms in total. The smallest absolute Gasteiger partial charge is 0.254 e. The topological polar surface area (TPSA) is 78.7 Å². The van der Waals surface area contributed by atoms with Gasteiger partial charge >= 0.3 is 0 Å². The van der Waals surface area contributed by atoms with E-state index in [9.17, 15) is 4.79 Å². The molecular weight excluding hydrogens is 336 g/mol. The number of aromatic nitrogens is 3. The lowest BCUT2D eigenvalue weighted by Crippen LogP contribution is -2.50. The predicted octanol–water partition coefficient (Wildman–Crippen LogP) is 1.34. The highest BCUT2D eigenvalue weighted by Gasteiger charge is 2.38. The Labute approximate surface area is 150 Å². The molecule has 3 aliphatic rings. The molecule has 2 atom stereocenters. The maximum absolute atomic E-state index is 13.2. The molecule has 136 valence electrons. The van der Waals surface area contributed by atoms with Crippen LogP contribution in [-0.4, -0.2) is 58.2 Å². The average Bonchev–Trinajstić information content (AvgIpc) is 3.16. The molecule has 0 spiro atoms. The summed E-state index contributed by atoms with van der Waals surface area (Å²) in [5, 5.41) is 8.18. The van der Waals surface area contributed by atoms with Gasteiger partial charge in [-0.25, -0.2) is 4.68 Å². The van der Waals surface area contributed by atoms with E-state index in [1.54, 1.807) is 12.3 Å². The molecule has 0 radical (unpaired) electrons. The number of hydrogen-bond acceptors (Lipinski definition) is 6. The largest absolute Gasteiger partial charge is 0.486 e. The van der Waals surface area contributed by atoms with Crippen molar-refractivity contribution in [3.63, 3.8) is 0 Å². The lowest BCUT2D eigenvalue weighted by molar-refractivity contribution is -0.0605. The van der Waals surface area contributed by atoms with Crippen molar-refractivity contribution in [3.05, 3.63) is 35.2 Å². The van der Waals surface area contributed by atoms with Crippen molar-refractivity contribution < 1.29 is 19.0 Å². The summed E-state index contributed by atoms with van der Waals surface area (Å²) in [6.07, 6.45) is 2.59. The van der Waals surface area contributed by atoms with Crippen molar-refractivity contribution in [1.29, 1.82) is 0 Å². The van der Waals surface area contributed by atoms with E-state index in [1.165, 1.54) is 0 Å². The molecule has 1 aromatic carbocycles. The van der Waals surface area contributed by atoms with Crippen LogP contribution >= 0.6 is 0 Å².